The van der Waals surface area contributed by atoms with Crippen LogP contribution in [0.5, 0.6) is 0 Å². The third-order valence-corrected chi connectivity index (χ3v) is 5.91. The van der Waals surface area contributed by atoms with E-state index in [1.54, 1.807) is 25.1 Å². The Morgan fingerprint density at radius 3 is 2.65 bits per heavy atom. The van der Waals surface area contributed by atoms with Gasteiger partial charge in [0, 0.05) is 12.2 Å². The zero-order valence-corrected chi connectivity index (χ0v) is 15.1. The number of aryl methyl sites for hydroxylation is 1. The lowest BCUT2D eigenvalue weighted by atomic mass is 10.0. The number of amides is 1. The highest BCUT2D eigenvalue weighted by atomic mass is 32.2. The first-order chi connectivity index (χ1) is 12.4. The molecule has 0 aromatic heterocycles. The van der Waals surface area contributed by atoms with Crippen molar-refractivity contribution in [1.29, 1.82) is 0 Å². The molecule has 0 bridgehead atoms. The number of fused-ring (bicyclic) bond motifs is 1. The van der Waals surface area contributed by atoms with Crippen LogP contribution in [0.4, 0.5) is 20.6 Å². The minimum atomic E-state index is -3.82. The SMILES string of the molecule is CCOC(=O)Nc1ccc2c(c1)N(S(=O)(=O)c1ccc(F)cc1)CCC2. The molecule has 8 heteroatoms. The number of hydrogen-bond donors (Lipinski definition) is 1. The van der Waals surface area contributed by atoms with Crippen molar-refractivity contribution in [3.8, 4) is 0 Å². The first kappa shape index (κ1) is 18.2. The van der Waals surface area contributed by atoms with E-state index in [1.165, 1.54) is 16.4 Å². The number of halogens is 1. The van der Waals surface area contributed by atoms with Gasteiger partial charge in [0.25, 0.3) is 10.0 Å². The predicted molar refractivity (Wildman–Crippen MR) is 96.3 cm³/mol. The van der Waals surface area contributed by atoms with Gasteiger partial charge in [-0.2, -0.15) is 0 Å². The summed E-state index contributed by atoms with van der Waals surface area (Å²) in [5.41, 5.74) is 1.83. The Hall–Kier alpha value is -2.61. The quantitative estimate of drug-likeness (QED) is 0.883. The summed E-state index contributed by atoms with van der Waals surface area (Å²) in [6, 6.07) is 9.87. The zero-order valence-electron chi connectivity index (χ0n) is 14.2. The molecule has 1 aliphatic heterocycles. The van der Waals surface area contributed by atoms with Crippen molar-refractivity contribution in [1.82, 2.24) is 0 Å². The summed E-state index contributed by atoms with van der Waals surface area (Å²) >= 11 is 0. The molecule has 3 rings (SSSR count). The number of nitrogens with one attached hydrogen (secondary N) is 1. The molecule has 0 aliphatic carbocycles. The van der Waals surface area contributed by atoms with Crippen LogP contribution in [-0.4, -0.2) is 27.7 Å². The largest absolute Gasteiger partial charge is 0.450 e. The lowest BCUT2D eigenvalue weighted by Crippen LogP contribution is -2.35. The Kier molecular flexibility index (Phi) is 5.13. The molecule has 6 nitrogen and oxygen atoms in total. The van der Waals surface area contributed by atoms with Gasteiger partial charge in [-0.3, -0.25) is 9.62 Å². The Balaban J connectivity index is 1.96. The second-order valence-electron chi connectivity index (χ2n) is 5.82. The van der Waals surface area contributed by atoms with Gasteiger partial charge in [-0.15, -0.1) is 0 Å². The van der Waals surface area contributed by atoms with Gasteiger partial charge in [-0.1, -0.05) is 6.07 Å². The Morgan fingerprint density at radius 1 is 1.23 bits per heavy atom. The molecule has 1 amide bonds. The van der Waals surface area contributed by atoms with E-state index in [1.807, 2.05) is 0 Å². The summed E-state index contributed by atoms with van der Waals surface area (Å²) in [6.07, 6.45) is 0.818. The van der Waals surface area contributed by atoms with E-state index < -0.39 is 21.9 Å². The molecule has 0 atom stereocenters. The van der Waals surface area contributed by atoms with E-state index in [2.05, 4.69) is 5.32 Å². The van der Waals surface area contributed by atoms with Crippen LogP contribution < -0.4 is 9.62 Å². The van der Waals surface area contributed by atoms with Crippen LogP contribution in [0.1, 0.15) is 18.9 Å². The van der Waals surface area contributed by atoms with Crippen LogP contribution in [0.25, 0.3) is 0 Å². The number of carbonyl (C=O) groups is 1. The molecule has 26 heavy (non-hydrogen) atoms. The first-order valence-corrected chi connectivity index (χ1v) is 9.71. The average molecular weight is 378 g/mol. The first-order valence-electron chi connectivity index (χ1n) is 8.27. The number of benzene rings is 2. The maximum atomic E-state index is 13.1. The molecule has 0 fully saturated rings. The maximum Gasteiger partial charge on any atom is 0.411 e. The summed E-state index contributed by atoms with van der Waals surface area (Å²) in [5.74, 6) is -0.496. The molecule has 0 saturated heterocycles. The monoisotopic (exact) mass is 378 g/mol. The minimum absolute atomic E-state index is 0.0236. The smallest absolute Gasteiger partial charge is 0.411 e. The molecule has 0 saturated carbocycles. The highest BCUT2D eigenvalue weighted by molar-refractivity contribution is 7.92. The summed E-state index contributed by atoms with van der Waals surface area (Å²) in [6.45, 7) is 2.25. The van der Waals surface area contributed by atoms with Gasteiger partial charge in [-0.05, 0) is 61.7 Å². The Morgan fingerprint density at radius 2 is 1.96 bits per heavy atom. The second kappa shape index (κ2) is 7.33. The summed E-state index contributed by atoms with van der Waals surface area (Å²) in [7, 11) is -3.82. The van der Waals surface area contributed by atoms with Crippen molar-refractivity contribution in [2.75, 3.05) is 22.8 Å². The molecular weight excluding hydrogens is 359 g/mol. The van der Waals surface area contributed by atoms with E-state index in [9.17, 15) is 17.6 Å². The van der Waals surface area contributed by atoms with Gasteiger partial charge in [0.05, 0.1) is 17.2 Å². The topological polar surface area (TPSA) is 75.7 Å². The fraction of sp³-hybridized carbons (Fsp3) is 0.278. The fourth-order valence-corrected chi connectivity index (χ4v) is 4.42. The number of nitrogens with zero attached hydrogens (tertiary/aromatic N) is 1. The van der Waals surface area contributed by atoms with Crippen molar-refractivity contribution >= 4 is 27.5 Å². The van der Waals surface area contributed by atoms with Crippen molar-refractivity contribution < 1.29 is 22.3 Å². The van der Waals surface area contributed by atoms with Crippen molar-refractivity contribution in [2.45, 2.75) is 24.7 Å². The minimum Gasteiger partial charge on any atom is -0.450 e. The molecule has 0 radical (unpaired) electrons. The van der Waals surface area contributed by atoms with Crippen LogP contribution >= 0.6 is 0 Å². The Labute approximate surface area is 151 Å². The molecule has 2 aromatic carbocycles. The van der Waals surface area contributed by atoms with E-state index in [0.717, 1.165) is 24.1 Å². The number of anilines is 2. The normalized spacial score (nSPS) is 13.8. The van der Waals surface area contributed by atoms with Crippen molar-refractivity contribution in [3.63, 3.8) is 0 Å². The van der Waals surface area contributed by atoms with Crippen LogP contribution in [0.15, 0.2) is 47.4 Å². The van der Waals surface area contributed by atoms with Gasteiger partial charge < -0.3 is 4.74 Å². The van der Waals surface area contributed by atoms with Gasteiger partial charge in [0.2, 0.25) is 0 Å². The lowest BCUT2D eigenvalue weighted by Gasteiger charge is -2.31. The molecule has 1 heterocycles. The number of carbonyl (C=O) groups excluding carboxylic acids is 1. The highest BCUT2D eigenvalue weighted by Gasteiger charge is 2.29. The number of sulfonamides is 1. The molecule has 0 unspecified atom stereocenters. The second-order valence-corrected chi connectivity index (χ2v) is 7.69. The fourth-order valence-electron chi connectivity index (χ4n) is 2.89. The van der Waals surface area contributed by atoms with Crippen LogP contribution in [-0.2, 0) is 21.2 Å². The van der Waals surface area contributed by atoms with Gasteiger partial charge in [0.15, 0.2) is 0 Å². The zero-order chi connectivity index (χ0) is 18.7. The van der Waals surface area contributed by atoms with E-state index in [0.29, 0.717) is 24.3 Å². The molecule has 1 N–H and O–H groups in total. The molecule has 1 aliphatic rings. The number of hydrogen-bond acceptors (Lipinski definition) is 4. The van der Waals surface area contributed by atoms with Crippen molar-refractivity contribution in [3.05, 3.63) is 53.8 Å². The summed E-state index contributed by atoms with van der Waals surface area (Å²) in [5, 5.41) is 2.58. The molecule has 138 valence electrons. The maximum absolute atomic E-state index is 13.1. The van der Waals surface area contributed by atoms with Crippen LogP contribution in [0.3, 0.4) is 0 Å². The predicted octanol–water partition coefficient (Wildman–Crippen LogP) is 3.54. The molecular formula is C18H19FN2O4S. The standard InChI is InChI=1S/C18H19FN2O4S/c1-2-25-18(22)20-15-8-5-13-4-3-11-21(17(13)12-15)26(23,24)16-9-6-14(19)7-10-16/h5-10,12H,2-4,11H2,1H3,(H,20,22). The van der Waals surface area contributed by atoms with E-state index in [4.69, 9.17) is 4.74 Å². The van der Waals surface area contributed by atoms with Gasteiger partial charge >= 0.3 is 6.09 Å². The number of rotatable bonds is 4. The lowest BCUT2D eigenvalue weighted by molar-refractivity contribution is 0.168. The highest BCUT2D eigenvalue weighted by Crippen LogP contribution is 2.34. The van der Waals surface area contributed by atoms with Crippen LogP contribution in [0, 0.1) is 5.82 Å². The number of ether oxygens (including phenoxy) is 1. The summed E-state index contributed by atoms with van der Waals surface area (Å²) in [4.78, 5) is 11.6. The van der Waals surface area contributed by atoms with Gasteiger partial charge in [-0.25, -0.2) is 17.6 Å². The van der Waals surface area contributed by atoms with Gasteiger partial charge in [0.1, 0.15) is 5.82 Å². The Bertz CT molecular complexity index is 913. The van der Waals surface area contributed by atoms with Crippen LogP contribution in [0.2, 0.25) is 0 Å². The summed E-state index contributed by atoms with van der Waals surface area (Å²) < 4.78 is 45.3. The third kappa shape index (κ3) is 3.65. The van der Waals surface area contributed by atoms with E-state index >= 15 is 0 Å². The molecule has 0 spiro atoms. The van der Waals surface area contributed by atoms with E-state index in [-0.39, 0.29) is 11.5 Å². The molecule has 2 aromatic rings. The average Bonchev–Trinajstić information content (AvgIpc) is 2.61. The van der Waals surface area contributed by atoms with Crippen molar-refractivity contribution in [2.24, 2.45) is 0 Å². The third-order valence-electron chi connectivity index (χ3n) is 4.08.